The molecule has 0 bridgehead atoms. The predicted octanol–water partition coefficient (Wildman–Crippen LogP) is 0.326. The molecule has 1 amide bonds. The standard InChI is InChI=1S/C10H19NO4/c1-7(12)5-6-11(4)8(13)10(2,3)9(14)15/h7,12H,5-6H2,1-4H3,(H,14,15). The van der Waals surface area contributed by atoms with Crippen molar-refractivity contribution in [3.8, 4) is 0 Å². The van der Waals surface area contributed by atoms with Gasteiger partial charge in [-0.25, -0.2) is 0 Å². The van der Waals surface area contributed by atoms with Gasteiger partial charge in [-0.2, -0.15) is 0 Å². The molecule has 0 aliphatic rings. The average molecular weight is 217 g/mol. The van der Waals surface area contributed by atoms with Crippen LogP contribution in [0.2, 0.25) is 0 Å². The van der Waals surface area contributed by atoms with Crippen molar-refractivity contribution < 1.29 is 19.8 Å². The Kier molecular flexibility index (Phi) is 4.74. The first-order valence-electron chi connectivity index (χ1n) is 4.86. The molecule has 0 aromatic heterocycles. The van der Waals surface area contributed by atoms with E-state index in [4.69, 9.17) is 10.2 Å². The Bertz CT molecular complexity index is 248. The zero-order valence-corrected chi connectivity index (χ0v) is 9.65. The molecule has 0 fully saturated rings. The Morgan fingerprint density at radius 3 is 2.20 bits per heavy atom. The van der Waals surface area contributed by atoms with Gasteiger partial charge in [-0.1, -0.05) is 0 Å². The highest BCUT2D eigenvalue weighted by Crippen LogP contribution is 2.18. The first kappa shape index (κ1) is 13.9. The van der Waals surface area contributed by atoms with Crippen molar-refractivity contribution in [2.75, 3.05) is 13.6 Å². The van der Waals surface area contributed by atoms with Gasteiger partial charge in [0.25, 0.3) is 0 Å². The number of carbonyl (C=O) groups excluding carboxylic acids is 1. The third-order valence-corrected chi connectivity index (χ3v) is 2.30. The van der Waals surface area contributed by atoms with Crippen molar-refractivity contribution in [1.29, 1.82) is 0 Å². The average Bonchev–Trinajstić information content (AvgIpc) is 2.12. The first-order chi connectivity index (χ1) is 6.69. The molecule has 2 N–H and O–H groups in total. The third-order valence-electron chi connectivity index (χ3n) is 2.30. The molecule has 88 valence electrons. The molecule has 0 radical (unpaired) electrons. The second-order valence-corrected chi connectivity index (χ2v) is 4.29. The van der Waals surface area contributed by atoms with E-state index in [0.717, 1.165) is 0 Å². The maximum Gasteiger partial charge on any atom is 0.318 e. The fourth-order valence-corrected chi connectivity index (χ4v) is 1.05. The van der Waals surface area contributed by atoms with Crippen molar-refractivity contribution in [1.82, 2.24) is 4.90 Å². The van der Waals surface area contributed by atoms with Crippen LogP contribution in [0, 0.1) is 5.41 Å². The lowest BCUT2D eigenvalue weighted by molar-refractivity contribution is -0.157. The summed E-state index contributed by atoms with van der Waals surface area (Å²) in [6.45, 7) is 4.72. The molecule has 0 saturated heterocycles. The molecule has 0 spiro atoms. The number of rotatable bonds is 5. The summed E-state index contributed by atoms with van der Waals surface area (Å²) < 4.78 is 0. The summed E-state index contributed by atoms with van der Waals surface area (Å²) in [5.41, 5.74) is -1.41. The molecule has 15 heavy (non-hydrogen) atoms. The Balaban J connectivity index is 4.38. The minimum Gasteiger partial charge on any atom is -0.480 e. The first-order valence-corrected chi connectivity index (χ1v) is 4.86. The molecular weight excluding hydrogens is 198 g/mol. The summed E-state index contributed by atoms with van der Waals surface area (Å²) in [5, 5.41) is 17.9. The number of carbonyl (C=O) groups is 2. The van der Waals surface area contributed by atoms with Crippen LogP contribution >= 0.6 is 0 Å². The number of carboxylic acid groups (broad SMARTS) is 1. The molecular formula is C10H19NO4. The molecule has 5 nitrogen and oxygen atoms in total. The van der Waals surface area contributed by atoms with E-state index in [1.54, 1.807) is 6.92 Å². The van der Waals surface area contributed by atoms with Crippen molar-refractivity contribution in [3.63, 3.8) is 0 Å². The van der Waals surface area contributed by atoms with Crippen LogP contribution in [0.3, 0.4) is 0 Å². The highest BCUT2D eigenvalue weighted by atomic mass is 16.4. The SMILES string of the molecule is CC(O)CCN(C)C(=O)C(C)(C)C(=O)O. The highest BCUT2D eigenvalue weighted by Gasteiger charge is 2.37. The van der Waals surface area contributed by atoms with Crippen molar-refractivity contribution >= 4 is 11.9 Å². The number of aliphatic hydroxyl groups excluding tert-OH is 1. The zero-order chi connectivity index (χ0) is 12.2. The summed E-state index contributed by atoms with van der Waals surface area (Å²) in [6.07, 6.45) is -0.0500. The van der Waals surface area contributed by atoms with Gasteiger partial charge in [0.05, 0.1) is 6.10 Å². The predicted molar refractivity (Wildman–Crippen MR) is 55.4 cm³/mol. The molecule has 0 saturated carbocycles. The number of aliphatic hydroxyl groups is 1. The third kappa shape index (κ3) is 3.87. The van der Waals surface area contributed by atoms with Crippen LogP contribution in [0.1, 0.15) is 27.2 Å². The number of amides is 1. The summed E-state index contributed by atoms with van der Waals surface area (Å²) >= 11 is 0. The van der Waals surface area contributed by atoms with Crippen LogP contribution in [0.15, 0.2) is 0 Å². The molecule has 0 aromatic rings. The number of aliphatic carboxylic acids is 1. The second-order valence-electron chi connectivity index (χ2n) is 4.29. The highest BCUT2D eigenvalue weighted by molar-refractivity contribution is 6.00. The number of hydrogen-bond donors (Lipinski definition) is 2. The molecule has 0 aromatic carbocycles. The summed E-state index contributed by atoms with van der Waals surface area (Å²) in [6, 6.07) is 0. The van der Waals surface area contributed by atoms with Crippen LogP contribution in [0.5, 0.6) is 0 Å². The van der Waals surface area contributed by atoms with E-state index in [9.17, 15) is 9.59 Å². The molecule has 0 rings (SSSR count). The Hall–Kier alpha value is -1.10. The largest absolute Gasteiger partial charge is 0.480 e. The summed E-state index contributed by atoms with van der Waals surface area (Å²) in [4.78, 5) is 23.8. The van der Waals surface area contributed by atoms with Gasteiger partial charge in [0, 0.05) is 13.6 Å². The molecule has 1 unspecified atom stereocenters. The van der Waals surface area contributed by atoms with E-state index in [2.05, 4.69) is 0 Å². The molecule has 0 heterocycles. The van der Waals surface area contributed by atoms with Gasteiger partial charge in [-0.05, 0) is 27.2 Å². The summed E-state index contributed by atoms with van der Waals surface area (Å²) in [5.74, 6) is -1.59. The smallest absolute Gasteiger partial charge is 0.318 e. The molecule has 0 aliphatic carbocycles. The lowest BCUT2D eigenvalue weighted by Gasteiger charge is -2.26. The lowest BCUT2D eigenvalue weighted by atomic mass is 9.92. The van der Waals surface area contributed by atoms with E-state index < -0.39 is 23.4 Å². The van der Waals surface area contributed by atoms with Gasteiger partial charge >= 0.3 is 5.97 Å². The van der Waals surface area contributed by atoms with E-state index in [1.807, 2.05) is 0 Å². The zero-order valence-electron chi connectivity index (χ0n) is 9.65. The number of hydrogen-bond acceptors (Lipinski definition) is 3. The lowest BCUT2D eigenvalue weighted by Crippen LogP contribution is -2.44. The normalized spacial score (nSPS) is 13.4. The minimum absolute atomic E-state index is 0.354. The van der Waals surface area contributed by atoms with Crippen molar-refractivity contribution in [2.24, 2.45) is 5.41 Å². The van der Waals surface area contributed by atoms with E-state index in [1.165, 1.54) is 25.8 Å². The van der Waals surface area contributed by atoms with Gasteiger partial charge in [0.2, 0.25) is 5.91 Å². The minimum atomic E-state index is -1.41. The van der Waals surface area contributed by atoms with Gasteiger partial charge in [0.1, 0.15) is 5.41 Å². The summed E-state index contributed by atoms with van der Waals surface area (Å²) in [7, 11) is 1.54. The van der Waals surface area contributed by atoms with Crippen LogP contribution in [-0.2, 0) is 9.59 Å². The van der Waals surface area contributed by atoms with E-state index in [0.29, 0.717) is 13.0 Å². The van der Waals surface area contributed by atoms with Gasteiger partial charge < -0.3 is 15.1 Å². The molecule has 1 atom stereocenters. The maximum atomic E-state index is 11.7. The van der Waals surface area contributed by atoms with Gasteiger partial charge in [-0.3, -0.25) is 9.59 Å². The van der Waals surface area contributed by atoms with Crippen LogP contribution in [0.25, 0.3) is 0 Å². The fourth-order valence-electron chi connectivity index (χ4n) is 1.05. The number of nitrogens with zero attached hydrogens (tertiary/aromatic N) is 1. The monoisotopic (exact) mass is 217 g/mol. The van der Waals surface area contributed by atoms with Gasteiger partial charge in [0.15, 0.2) is 0 Å². The quantitative estimate of drug-likeness (QED) is 0.650. The van der Waals surface area contributed by atoms with Crippen LogP contribution in [0.4, 0.5) is 0 Å². The Morgan fingerprint density at radius 2 is 1.87 bits per heavy atom. The van der Waals surface area contributed by atoms with Crippen LogP contribution in [-0.4, -0.2) is 46.7 Å². The van der Waals surface area contributed by atoms with Gasteiger partial charge in [-0.15, -0.1) is 0 Å². The second kappa shape index (κ2) is 5.11. The van der Waals surface area contributed by atoms with E-state index in [-0.39, 0.29) is 0 Å². The topological polar surface area (TPSA) is 77.8 Å². The fraction of sp³-hybridized carbons (Fsp3) is 0.800. The molecule has 5 heteroatoms. The van der Waals surface area contributed by atoms with E-state index >= 15 is 0 Å². The number of carboxylic acids is 1. The van der Waals surface area contributed by atoms with Crippen molar-refractivity contribution in [3.05, 3.63) is 0 Å². The Labute approximate surface area is 89.7 Å². The van der Waals surface area contributed by atoms with Crippen molar-refractivity contribution in [2.45, 2.75) is 33.3 Å². The maximum absolute atomic E-state index is 11.7. The van der Waals surface area contributed by atoms with Crippen LogP contribution < -0.4 is 0 Å². The molecule has 0 aliphatic heterocycles. The Morgan fingerprint density at radius 1 is 1.40 bits per heavy atom.